The van der Waals surface area contributed by atoms with Gasteiger partial charge in [0.15, 0.2) is 0 Å². The van der Waals surface area contributed by atoms with Gasteiger partial charge in [0.2, 0.25) is 0 Å². The molecule has 0 amide bonds. The smallest absolute Gasteiger partial charge is 0.306 e. The van der Waals surface area contributed by atoms with E-state index in [1.165, 1.54) is 0 Å². The molecule has 0 radical (unpaired) electrons. The molecular formula is C24H40O6. The molecule has 3 aliphatic rings. The normalized spacial score (nSPS) is 46.7. The lowest BCUT2D eigenvalue weighted by Gasteiger charge is -2.47. The van der Waals surface area contributed by atoms with Crippen LogP contribution in [0.1, 0.15) is 73.1 Å². The Balaban J connectivity index is 2.07. The van der Waals surface area contributed by atoms with Crippen molar-refractivity contribution < 1.29 is 29.6 Å². The van der Waals surface area contributed by atoms with Crippen LogP contribution in [0.3, 0.4) is 0 Å². The summed E-state index contributed by atoms with van der Waals surface area (Å²) < 4.78 is 12.6. The van der Waals surface area contributed by atoms with E-state index in [4.69, 9.17) is 9.47 Å². The number of aliphatic hydroxyl groups is 3. The second kappa shape index (κ2) is 8.53. The van der Waals surface area contributed by atoms with Crippen molar-refractivity contribution in [1.82, 2.24) is 0 Å². The van der Waals surface area contributed by atoms with Crippen LogP contribution in [0.4, 0.5) is 0 Å². The van der Waals surface area contributed by atoms with Gasteiger partial charge in [-0.15, -0.1) is 0 Å². The molecule has 3 fully saturated rings. The third kappa shape index (κ3) is 4.21. The molecule has 2 aliphatic heterocycles. The highest BCUT2D eigenvalue weighted by molar-refractivity contribution is 5.69. The van der Waals surface area contributed by atoms with E-state index in [-0.39, 0.29) is 36.2 Å². The number of hydrogen-bond donors (Lipinski definition) is 3. The largest absolute Gasteiger partial charge is 0.457 e. The second-order valence-electron chi connectivity index (χ2n) is 10.6. The molecule has 30 heavy (non-hydrogen) atoms. The van der Waals surface area contributed by atoms with E-state index in [0.29, 0.717) is 38.0 Å². The van der Waals surface area contributed by atoms with Gasteiger partial charge in [0, 0.05) is 24.7 Å². The maximum Gasteiger partial charge on any atom is 0.306 e. The van der Waals surface area contributed by atoms with Crippen LogP contribution in [-0.2, 0) is 14.3 Å². The van der Waals surface area contributed by atoms with E-state index < -0.39 is 29.5 Å². The summed E-state index contributed by atoms with van der Waals surface area (Å²) >= 11 is 0. The van der Waals surface area contributed by atoms with Gasteiger partial charge in [0.25, 0.3) is 0 Å². The standard InChI is InChI=1S/C24H40O6/c1-7-8-19(27)30-24(6)10-9-18(26)23(5,28)12-17-20-14(4)16(25)11-15(13(2)3)21(20)22(24)29-17/h13,15-18,20-22,25-26,28H,4,7-12H2,1-3,5-6H3/t15-,16+,17-,18+,20-,21-,22-,23-,24-/m1/s1. The highest BCUT2D eigenvalue weighted by Gasteiger charge is 2.61. The van der Waals surface area contributed by atoms with Crippen LogP contribution in [0.2, 0.25) is 0 Å². The van der Waals surface area contributed by atoms with Crippen molar-refractivity contribution in [3.63, 3.8) is 0 Å². The molecule has 0 aromatic heterocycles. The minimum Gasteiger partial charge on any atom is -0.457 e. The predicted molar refractivity (Wildman–Crippen MR) is 114 cm³/mol. The van der Waals surface area contributed by atoms with Gasteiger partial charge in [-0.3, -0.25) is 4.79 Å². The second-order valence-corrected chi connectivity index (χ2v) is 10.6. The van der Waals surface area contributed by atoms with Crippen molar-refractivity contribution in [2.45, 2.75) is 109 Å². The van der Waals surface area contributed by atoms with Crippen molar-refractivity contribution >= 4 is 5.97 Å². The Bertz CT molecular complexity index is 658. The first-order chi connectivity index (χ1) is 13.9. The third-order valence-corrected chi connectivity index (χ3v) is 7.84. The highest BCUT2D eigenvalue weighted by Crippen LogP contribution is 2.56. The number of hydrogen-bond acceptors (Lipinski definition) is 6. The molecule has 172 valence electrons. The summed E-state index contributed by atoms with van der Waals surface area (Å²) in [5, 5.41) is 32.5. The molecule has 9 atom stereocenters. The number of esters is 1. The fourth-order valence-corrected chi connectivity index (χ4v) is 6.05. The van der Waals surface area contributed by atoms with Crippen LogP contribution in [0.25, 0.3) is 0 Å². The highest BCUT2D eigenvalue weighted by atomic mass is 16.6. The zero-order valence-electron chi connectivity index (χ0n) is 19.1. The maximum absolute atomic E-state index is 12.5. The SMILES string of the molecule is C=C1[C@H]2[C@@H]([C@@H](C(C)C)C[C@@H]1O)[C@H]1O[C@@H]2C[C@@](C)(O)[C@@H](O)CC[C@@]1(C)OC(=O)CCC. The number of rotatable bonds is 4. The van der Waals surface area contributed by atoms with Crippen molar-refractivity contribution in [3.05, 3.63) is 12.2 Å². The lowest BCUT2D eigenvalue weighted by Crippen LogP contribution is -2.53. The first-order valence-corrected chi connectivity index (χ1v) is 11.6. The average Bonchev–Trinajstić information content (AvgIpc) is 3.02. The van der Waals surface area contributed by atoms with E-state index in [1.807, 2.05) is 13.8 Å². The topological polar surface area (TPSA) is 96.2 Å². The summed E-state index contributed by atoms with van der Waals surface area (Å²) in [5.41, 5.74) is -1.52. The van der Waals surface area contributed by atoms with Gasteiger partial charge in [-0.1, -0.05) is 27.4 Å². The van der Waals surface area contributed by atoms with Gasteiger partial charge in [-0.2, -0.15) is 0 Å². The van der Waals surface area contributed by atoms with Crippen LogP contribution in [-0.4, -0.2) is 56.9 Å². The molecule has 3 rings (SSSR count). The number of fused-ring (bicyclic) bond motifs is 5. The van der Waals surface area contributed by atoms with Crippen LogP contribution >= 0.6 is 0 Å². The van der Waals surface area contributed by atoms with Crippen molar-refractivity contribution in [2.75, 3.05) is 0 Å². The molecular weight excluding hydrogens is 384 g/mol. The van der Waals surface area contributed by atoms with Gasteiger partial charge in [-0.05, 0) is 56.9 Å². The molecule has 0 spiro atoms. The first-order valence-electron chi connectivity index (χ1n) is 11.6. The number of ether oxygens (including phenoxy) is 2. The van der Waals surface area contributed by atoms with E-state index in [9.17, 15) is 20.1 Å². The Morgan fingerprint density at radius 2 is 2.00 bits per heavy atom. The molecule has 0 unspecified atom stereocenters. The molecule has 2 saturated heterocycles. The molecule has 0 aromatic carbocycles. The molecule has 6 nitrogen and oxygen atoms in total. The minimum atomic E-state index is -1.33. The zero-order chi connectivity index (χ0) is 22.4. The number of carbonyl (C=O) groups excluding carboxylic acids is 1. The molecule has 3 N–H and O–H groups in total. The summed E-state index contributed by atoms with van der Waals surface area (Å²) in [6, 6.07) is 0. The summed E-state index contributed by atoms with van der Waals surface area (Å²) in [6.45, 7) is 14.0. The van der Waals surface area contributed by atoms with Crippen LogP contribution in [0.5, 0.6) is 0 Å². The van der Waals surface area contributed by atoms with Crippen LogP contribution < -0.4 is 0 Å². The summed E-state index contributed by atoms with van der Waals surface area (Å²) in [7, 11) is 0. The summed E-state index contributed by atoms with van der Waals surface area (Å²) in [5.74, 6) is 0.127. The van der Waals surface area contributed by atoms with Crippen LogP contribution in [0.15, 0.2) is 12.2 Å². The van der Waals surface area contributed by atoms with Crippen LogP contribution in [0, 0.1) is 23.7 Å². The number of carbonyl (C=O) groups is 1. The van der Waals surface area contributed by atoms with Gasteiger partial charge >= 0.3 is 5.97 Å². The quantitative estimate of drug-likeness (QED) is 0.474. The summed E-state index contributed by atoms with van der Waals surface area (Å²) in [4.78, 5) is 12.5. The summed E-state index contributed by atoms with van der Waals surface area (Å²) in [6.07, 6.45) is 0.290. The minimum absolute atomic E-state index is 0.0383. The fourth-order valence-electron chi connectivity index (χ4n) is 6.05. The molecule has 6 heteroatoms. The molecule has 0 aromatic rings. The Morgan fingerprint density at radius 3 is 2.60 bits per heavy atom. The van der Waals surface area contributed by atoms with Gasteiger partial charge < -0.3 is 24.8 Å². The maximum atomic E-state index is 12.5. The Hall–Kier alpha value is -0.950. The van der Waals surface area contributed by atoms with Gasteiger partial charge in [0.05, 0.1) is 23.9 Å². The number of aliphatic hydroxyl groups excluding tert-OH is 2. The van der Waals surface area contributed by atoms with Gasteiger partial charge in [0.1, 0.15) is 11.7 Å². The van der Waals surface area contributed by atoms with Crippen molar-refractivity contribution in [2.24, 2.45) is 23.7 Å². The first kappa shape index (κ1) is 23.7. The van der Waals surface area contributed by atoms with E-state index in [0.717, 1.165) is 5.57 Å². The molecule has 2 heterocycles. The zero-order valence-corrected chi connectivity index (χ0v) is 19.1. The van der Waals surface area contributed by atoms with E-state index >= 15 is 0 Å². The lowest BCUT2D eigenvalue weighted by atomic mass is 9.60. The average molecular weight is 425 g/mol. The van der Waals surface area contributed by atoms with E-state index in [2.05, 4.69) is 20.4 Å². The lowest BCUT2D eigenvalue weighted by molar-refractivity contribution is -0.182. The Morgan fingerprint density at radius 1 is 1.33 bits per heavy atom. The third-order valence-electron chi connectivity index (χ3n) is 7.84. The van der Waals surface area contributed by atoms with E-state index in [1.54, 1.807) is 6.92 Å². The van der Waals surface area contributed by atoms with Crippen molar-refractivity contribution in [3.8, 4) is 0 Å². The molecule has 1 saturated carbocycles. The van der Waals surface area contributed by atoms with Crippen molar-refractivity contribution in [1.29, 1.82) is 0 Å². The van der Waals surface area contributed by atoms with Gasteiger partial charge in [-0.25, -0.2) is 0 Å². The predicted octanol–water partition coefficient (Wildman–Crippen LogP) is 2.98. The monoisotopic (exact) mass is 424 g/mol. The Kier molecular flexibility index (Phi) is 6.74. The molecule has 1 aliphatic carbocycles. The Labute approximate surface area is 180 Å². The fraction of sp³-hybridized carbons (Fsp3) is 0.875. The molecule has 2 bridgehead atoms.